The predicted molar refractivity (Wildman–Crippen MR) is 136 cm³/mol. The first-order valence-electron chi connectivity index (χ1n) is 10.3. The van der Waals surface area contributed by atoms with Crippen LogP contribution in [0.2, 0.25) is 4.34 Å². The van der Waals surface area contributed by atoms with Crippen LogP contribution in [0.1, 0.15) is 20.1 Å². The van der Waals surface area contributed by atoms with Crippen LogP contribution in [0.15, 0.2) is 83.4 Å². The largest absolute Gasteiger partial charge is 0.365 e. The maximum absolute atomic E-state index is 13.3. The van der Waals surface area contributed by atoms with Gasteiger partial charge in [0, 0.05) is 29.5 Å². The molecule has 34 heavy (non-hydrogen) atoms. The van der Waals surface area contributed by atoms with E-state index in [1.165, 1.54) is 27.4 Å². The summed E-state index contributed by atoms with van der Waals surface area (Å²) >= 11 is 8.84. The zero-order valence-corrected chi connectivity index (χ0v) is 20.1. The number of rotatable bonds is 7. The quantitative estimate of drug-likeness (QED) is 0.326. The minimum Gasteiger partial charge on any atom is -0.365 e. The molecule has 0 spiro atoms. The van der Waals surface area contributed by atoms with E-state index in [1.54, 1.807) is 47.4 Å². The third-order valence-corrected chi connectivity index (χ3v) is 7.17. The van der Waals surface area contributed by atoms with Crippen molar-refractivity contribution in [2.75, 3.05) is 5.32 Å². The molecule has 0 aliphatic rings. The Balaban J connectivity index is 1.51. The summed E-state index contributed by atoms with van der Waals surface area (Å²) in [6, 6.07) is 16.3. The van der Waals surface area contributed by atoms with Gasteiger partial charge >= 0.3 is 0 Å². The van der Waals surface area contributed by atoms with Gasteiger partial charge in [-0.2, -0.15) is 9.78 Å². The topological polar surface area (TPSA) is 81.8 Å². The van der Waals surface area contributed by atoms with Crippen LogP contribution in [0.5, 0.6) is 0 Å². The second kappa shape index (κ2) is 9.76. The predicted octanol–water partition coefficient (Wildman–Crippen LogP) is 5.23. The number of pyridine rings is 2. The lowest BCUT2D eigenvalue weighted by molar-refractivity contribution is 0.0952. The van der Waals surface area contributed by atoms with Crippen molar-refractivity contribution in [3.8, 4) is 11.3 Å². The molecule has 5 aromatic heterocycles. The molecule has 0 unspecified atom stereocenters. The number of hydrogen-bond donors (Lipinski definition) is 1. The Labute approximate surface area is 207 Å². The number of nitrogens with one attached hydrogen (secondary N) is 1. The van der Waals surface area contributed by atoms with Gasteiger partial charge in [0.05, 0.1) is 27.9 Å². The molecule has 7 nitrogen and oxygen atoms in total. The zero-order chi connectivity index (χ0) is 23.5. The molecule has 0 aromatic carbocycles. The van der Waals surface area contributed by atoms with Gasteiger partial charge in [0.2, 0.25) is 0 Å². The molecule has 5 heterocycles. The van der Waals surface area contributed by atoms with E-state index in [1.807, 2.05) is 35.7 Å². The highest BCUT2D eigenvalue weighted by atomic mass is 35.5. The summed E-state index contributed by atoms with van der Waals surface area (Å²) in [5, 5.41) is 9.63. The second-order valence-corrected chi connectivity index (χ2v) is 10.1. The van der Waals surface area contributed by atoms with E-state index in [-0.39, 0.29) is 11.5 Å². The van der Waals surface area contributed by atoms with Crippen molar-refractivity contribution in [3.05, 3.63) is 109 Å². The Hall–Kier alpha value is -3.53. The molecule has 170 valence electrons. The van der Waals surface area contributed by atoms with Gasteiger partial charge < -0.3 is 9.88 Å². The van der Waals surface area contributed by atoms with Crippen LogP contribution in [0.4, 0.5) is 5.82 Å². The first-order chi connectivity index (χ1) is 16.6. The molecule has 0 radical (unpaired) electrons. The number of thiophene rings is 2. The van der Waals surface area contributed by atoms with Crippen LogP contribution >= 0.6 is 34.3 Å². The molecule has 10 heteroatoms. The summed E-state index contributed by atoms with van der Waals surface area (Å²) in [6.45, 7) is 0.861. The number of halogens is 1. The molecule has 0 saturated carbocycles. The maximum Gasteiger partial charge on any atom is 0.290 e. The van der Waals surface area contributed by atoms with Crippen molar-refractivity contribution < 1.29 is 4.79 Å². The lowest BCUT2D eigenvalue weighted by Crippen LogP contribution is -2.22. The fourth-order valence-corrected chi connectivity index (χ4v) is 5.14. The fraction of sp³-hybridized carbons (Fsp3) is 0.0833. The highest BCUT2D eigenvalue weighted by Crippen LogP contribution is 2.25. The third kappa shape index (κ3) is 4.72. The van der Waals surface area contributed by atoms with E-state index in [9.17, 15) is 9.59 Å². The summed E-state index contributed by atoms with van der Waals surface area (Å²) in [4.78, 5) is 32.1. The van der Waals surface area contributed by atoms with Gasteiger partial charge in [0.1, 0.15) is 11.5 Å². The number of nitrogens with zero attached hydrogens (tertiary/aromatic N) is 4. The van der Waals surface area contributed by atoms with Gasteiger partial charge in [-0.1, -0.05) is 23.7 Å². The van der Waals surface area contributed by atoms with Crippen LogP contribution in [0, 0.1) is 0 Å². The lowest BCUT2D eigenvalue weighted by atomic mass is 10.2. The summed E-state index contributed by atoms with van der Waals surface area (Å²) in [6.07, 6.45) is 5.15. The van der Waals surface area contributed by atoms with Gasteiger partial charge in [-0.25, -0.2) is 0 Å². The van der Waals surface area contributed by atoms with Crippen LogP contribution in [0.25, 0.3) is 11.3 Å². The Kier molecular flexibility index (Phi) is 6.39. The Morgan fingerprint density at radius 2 is 2.03 bits per heavy atom. The van der Waals surface area contributed by atoms with Crippen molar-refractivity contribution in [1.82, 2.24) is 19.3 Å². The molecule has 1 N–H and O–H groups in total. The van der Waals surface area contributed by atoms with E-state index in [0.717, 1.165) is 10.4 Å². The smallest absolute Gasteiger partial charge is 0.290 e. The van der Waals surface area contributed by atoms with E-state index in [0.29, 0.717) is 39.4 Å². The van der Waals surface area contributed by atoms with Crippen LogP contribution < -0.4 is 10.9 Å². The van der Waals surface area contributed by atoms with Crippen molar-refractivity contribution in [2.24, 2.45) is 0 Å². The summed E-state index contributed by atoms with van der Waals surface area (Å²) in [7, 11) is 0. The third-order valence-electron chi connectivity index (χ3n) is 5.08. The van der Waals surface area contributed by atoms with Crippen molar-refractivity contribution in [2.45, 2.75) is 13.1 Å². The second-order valence-electron chi connectivity index (χ2n) is 7.38. The van der Waals surface area contributed by atoms with Crippen LogP contribution in [-0.4, -0.2) is 25.2 Å². The van der Waals surface area contributed by atoms with Crippen molar-refractivity contribution >= 4 is 46.0 Å². The SMILES string of the molecule is O=C(c1cccs1)n1nc(-c2cccn(Cc3cccnc3)c2=O)cc1NCc1ccc(Cl)s1. The first-order valence-corrected chi connectivity index (χ1v) is 12.4. The Bertz CT molecular complexity index is 1490. The molecule has 0 amide bonds. The van der Waals surface area contributed by atoms with E-state index >= 15 is 0 Å². The summed E-state index contributed by atoms with van der Waals surface area (Å²) < 4.78 is 3.61. The zero-order valence-electron chi connectivity index (χ0n) is 17.7. The molecule has 0 saturated heterocycles. The van der Waals surface area contributed by atoms with Gasteiger partial charge in [0.15, 0.2) is 0 Å². The number of aromatic nitrogens is 4. The molecular formula is C24H18ClN5O2S2. The average Bonchev–Trinajstić information content (AvgIpc) is 3.61. The van der Waals surface area contributed by atoms with Gasteiger partial charge in [0.25, 0.3) is 11.5 Å². The standard InChI is InChI=1S/C24H18ClN5O2S2/c25-21-8-7-17(34-21)14-27-22-12-19(28-30(22)24(32)20-6-3-11-33-20)18-5-2-10-29(23(18)31)15-16-4-1-9-26-13-16/h1-13,27H,14-15H2. The summed E-state index contributed by atoms with van der Waals surface area (Å²) in [5.41, 5.74) is 1.54. The molecule has 5 aromatic rings. The van der Waals surface area contributed by atoms with Gasteiger partial charge in [-0.3, -0.25) is 14.6 Å². The molecule has 0 bridgehead atoms. The van der Waals surface area contributed by atoms with Crippen LogP contribution in [-0.2, 0) is 13.1 Å². The molecule has 0 fully saturated rings. The minimum absolute atomic E-state index is 0.198. The summed E-state index contributed by atoms with van der Waals surface area (Å²) in [5.74, 6) is 0.236. The average molecular weight is 508 g/mol. The highest BCUT2D eigenvalue weighted by Gasteiger charge is 2.20. The van der Waals surface area contributed by atoms with Crippen LogP contribution in [0.3, 0.4) is 0 Å². The number of carbonyl (C=O) groups is 1. The first kappa shape index (κ1) is 22.3. The van der Waals surface area contributed by atoms with Gasteiger partial charge in [-0.05, 0) is 47.3 Å². The lowest BCUT2D eigenvalue weighted by Gasteiger charge is -2.07. The monoisotopic (exact) mass is 507 g/mol. The fourth-order valence-electron chi connectivity index (χ4n) is 3.47. The molecule has 5 rings (SSSR count). The normalized spacial score (nSPS) is 11.0. The Morgan fingerprint density at radius 1 is 1.12 bits per heavy atom. The molecule has 0 atom stereocenters. The van der Waals surface area contributed by atoms with E-state index < -0.39 is 0 Å². The molecule has 0 aliphatic carbocycles. The minimum atomic E-state index is -0.264. The number of hydrogen-bond acceptors (Lipinski definition) is 7. The maximum atomic E-state index is 13.3. The Morgan fingerprint density at radius 3 is 2.76 bits per heavy atom. The molecule has 0 aliphatic heterocycles. The van der Waals surface area contributed by atoms with Crippen molar-refractivity contribution in [3.63, 3.8) is 0 Å². The van der Waals surface area contributed by atoms with Crippen molar-refractivity contribution in [1.29, 1.82) is 0 Å². The molecular weight excluding hydrogens is 490 g/mol. The highest BCUT2D eigenvalue weighted by molar-refractivity contribution is 7.16. The van der Waals surface area contributed by atoms with E-state index in [4.69, 9.17) is 11.6 Å². The van der Waals surface area contributed by atoms with Gasteiger partial charge in [-0.15, -0.1) is 22.7 Å². The van der Waals surface area contributed by atoms with E-state index in [2.05, 4.69) is 15.4 Å². The number of anilines is 1. The number of carbonyl (C=O) groups excluding carboxylic acids is 1.